The molecular weight excluding hydrogens is 248 g/mol. The summed E-state index contributed by atoms with van der Waals surface area (Å²) < 4.78 is 0. The van der Waals surface area contributed by atoms with Crippen LogP contribution in [-0.2, 0) is 0 Å². The molecule has 20 heavy (non-hydrogen) atoms. The number of rotatable bonds is 0. The van der Waals surface area contributed by atoms with E-state index < -0.39 is 0 Å². The summed E-state index contributed by atoms with van der Waals surface area (Å²) in [5.74, 6) is 0. The third kappa shape index (κ3) is 1.39. The van der Waals surface area contributed by atoms with Crippen LogP contribution in [0.2, 0.25) is 0 Å². The highest BCUT2D eigenvalue weighted by atomic mass is 14.6. The molecule has 4 heteroatoms. The highest BCUT2D eigenvalue weighted by Crippen LogP contribution is 2.53. The van der Waals surface area contributed by atoms with Crippen molar-refractivity contribution in [3.05, 3.63) is 47.5 Å². The molecule has 0 unspecified atom stereocenters. The van der Waals surface area contributed by atoms with Crippen molar-refractivity contribution >= 4 is 11.4 Å². The lowest BCUT2D eigenvalue weighted by atomic mass is 9.79. The smallest absolute Gasteiger partial charge is 0.101 e. The lowest BCUT2D eigenvalue weighted by molar-refractivity contribution is 1.47. The molecule has 3 aliphatic rings. The number of fused-ring (bicyclic) bond motifs is 4. The summed E-state index contributed by atoms with van der Waals surface area (Å²) in [5.41, 5.74) is 17.1. The maximum Gasteiger partial charge on any atom is 0.101 e. The Morgan fingerprint density at radius 3 is 2.15 bits per heavy atom. The lowest BCUT2D eigenvalue weighted by Gasteiger charge is -2.24. The summed E-state index contributed by atoms with van der Waals surface area (Å²) in [6.45, 7) is 0. The molecule has 3 aliphatic carbocycles. The van der Waals surface area contributed by atoms with E-state index in [0.29, 0.717) is 28.1 Å². The average molecular weight is 258 g/mol. The van der Waals surface area contributed by atoms with Crippen molar-refractivity contribution < 1.29 is 0 Å². The Hall–Kier alpha value is -3.24. The van der Waals surface area contributed by atoms with E-state index in [1.807, 2.05) is 12.1 Å². The highest BCUT2D eigenvalue weighted by molar-refractivity contribution is 6.13. The van der Waals surface area contributed by atoms with E-state index in [1.165, 1.54) is 0 Å². The lowest BCUT2D eigenvalue weighted by Crippen LogP contribution is -2.05. The third-order valence-corrected chi connectivity index (χ3v) is 3.46. The second-order valence-corrected chi connectivity index (χ2v) is 4.51. The van der Waals surface area contributed by atoms with Gasteiger partial charge in [0.15, 0.2) is 0 Å². The van der Waals surface area contributed by atoms with Crippen LogP contribution >= 0.6 is 0 Å². The van der Waals surface area contributed by atoms with Crippen LogP contribution in [0.15, 0.2) is 36.4 Å². The van der Waals surface area contributed by atoms with Crippen molar-refractivity contribution in [1.29, 1.82) is 10.5 Å². The summed E-state index contributed by atoms with van der Waals surface area (Å²) in [6.07, 6.45) is 0. The zero-order chi connectivity index (χ0) is 14.3. The fourth-order valence-electron chi connectivity index (χ4n) is 2.53. The predicted molar refractivity (Wildman–Crippen MR) is 77.9 cm³/mol. The first kappa shape index (κ1) is 11.8. The predicted octanol–water partition coefficient (Wildman–Crippen LogP) is 2.80. The zero-order valence-electron chi connectivity index (χ0n) is 10.5. The molecule has 0 bridgehead atoms. The minimum atomic E-state index is 0.360. The summed E-state index contributed by atoms with van der Waals surface area (Å²) in [5, 5.41) is 18.4. The van der Waals surface area contributed by atoms with Crippen LogP contribution in [0.3, 0.4) is 0 Å². The van der Waals surface area contributed by atoms with Crippen LogP contribution in [0.4, 0.5) is 11.4 Å². The second kappa shape index (κ2) is 4.15. The van der Waals surface area contributed by atoms with Crippen LogP contribution in [0.5, 0.6) is 0 Å². The van der Waals surface area contributed by atoms with Gasteiger partial charge in [0.25, 0.3) is 0 Å². The Balaban J connectivity index is 2.55. The van der Waals surface area contributed by atoms with E-state index in [4.69, 9.17) is 16.7 Å². The first-order valence-corrected chi connectivity index (χ1v) is 6.01. The number of nitrogens with two attached hydrogens (primary N) is 2. The number of hydrogen-bond acceptors (Lipinski definition) is 4. The van der Waals surface area contributed by atoms with E-state index in [1.54, 1.807) is 24.3 Å². The molecule has 0 saturated heterocycles. The summed E-state index contributed by atoms with van der Waals surface area (Å²) in [4.78, 5) is 0. The van der Waals surface area contributed by atoms with Crippen molar-refractivity contribution in [2.75, 3.05) is 11.5 Å². The van der Waals surface area contributed by atoms with Gasteiger partial charge in [-0.15, -0.1) is 0 Å². The number of nitrogens with zero attached hydrogens (tertiary/aromatic N) is 2. The van der Waals surface area contributed by atoms with Gasteiger partial charge in [-0.2, -0.15) is 10.5 Å². The van der Waals surface area contributed by atoms with Gasteiger partial charge < -0.3 is 11.5 Å². The monoisotopic (exact) mass is 258 g/mol. The van der Waals surface area contributed by atoms with Crippen molar-refractivity contribution in [3.8, 4) is 34.4 Å². The molecule has 0 atom stereocenters. The summed E-state index contributed by atoms with van der Waals surface area (Å²) in [6, 6.07) is 14.8. The van der Waals surface area contributed by atoms with Crippen LogP contribution < -0.4 is 11.5 Å². The fourth-order valence-corrected chi connectivity index (χ4v) is 2.53. The molecule has 94 valence electrons. The Bertz CT molecular complexity index is 852. The molecule has 0 aliphatic heterocycles. The Labute approximate surface area is 116 Å². The number of nitriles is 2. The molecular formula is C16H10N4. The van der Waals surface area contributed by atoms with Gasteiger partial charge in [0.05, 0.1) is 22.9 Å². The van der Waals surface area contributed by atoms with Gasteiger partial charge in [0.1, 0.15) is 6.07 Å². The normalized spacial score (nSPS) is 10.3. The van der Waals surface area contributed by atoms with Gasteiger partial charge in [-0.05, 0) is 23.8 Å². The van der Waals surface area contributed by atoms with Crippen LogP contribution in [0.25, 0.3) is 22.3 Å². The molecule has 0 spiro atoms. The summed E-state index contributed by atoms with van der Waals surface area (Å²) in [7, 11) is 0. The molecule has 0 fully saturated rings. The Morgan fingerprint density at radius 2 is 1.45 bits per heavy atom. The summed E-state index contributed by atoms with van der Waals surface area (Å²) >= 11 is 0. The average Bonchev–Trinajstić information content (AvgIpc) is 2.65. The largest absolute Gasteiger partial charge is 0.398 e. The maximum absolute atomic E-state index is 9.28. The van der Waals surface area contributed by atoms with E-state index in [2.05, 4.69) is 12.1 Å². The maximum atomic E-state index is 9.28. The number of anilines is 2. The van der Waals surface area contributed by atoms with Gasteiger partial charge in [-0.3, -0.25) is 0 Å². The van der Waals surface area contributed by atoms with E-state index in [-0.39, 0.29) is 0 Å². The standard InChI is InChI=1S/C16H10N4/c17-7-9-3-1-2-4-11-13(9)15-14(11)12(19)6-5-10(8-18)16(15)20/h1-6H,19-20H2. The highest BCUT2D eigenvalue weighted by Gasteiger charge is 2.29. The van der Waals surface area contributed by atoms with E-state index in [9.17, 15) is 5.26 Å². The topological polar surface area (TPSA) is 99.6 Å². The first-order valence-electron chi connectivity index (χ1n) is 6.01. The molecule has 3 rings (SSSR count). The van der Waals surface area contributed by atoms with Gasteiger partial charge in [0.2, 0.25) is 0 Å². The van der Waals surface area contributed by atoms with Crippen LogP contribution in [-0.4, -0.2) is 0 Å². The molecule has 4 nitrogen and oxygen atoms in total. The van der Waals surface area contributed by atoms with E-state index in [0.717, 1.165) is 16.7 Å². The Morgan fingerprint density at radius 1 is 0.750 bits per heavy atom. The first-order chi connectivity index (χ1) is 9.69. The van der Waals surface area contributed by atoms with Crippen molar-refractivity contribution in [2.24, 2.45) is 0 Å². The quantitative estimate of drug-likeness (QED) is 0.647. The van der Waals surface area contributed by atoms with Gasteiger partial charge in [-0.25, -0.2) is 0 Å². The molecule has 4 N–H and O–H groups in total. The number of hydrogen-bond donors (Lipinski definition) is 2. The molecule has 0 heterocycles. The van der Waals surface area contributed by atoms with Crippen molar-refractivity contribution in [1.82, 2.24) is 0 Å². The van der Waals surface area contributed by atoms with Gasteiger partial charge in [-0.1, -0.05) is 18.2 Å². The SMILES string of the molecule is N#Cc1ccc(N)c2c3ccccc(C#N)c-3c-2c1N. The fraction of sp³-hybridized carbons (Fsp3) is 0. The molecule has 0 amide bonds. The van der Waals surface area contributed by atoms with Gasteiger partial charge in [0, 0.05) is 22.4 Å². The van der Waals surface area contributed by atoms with Crippen molar-refractivity contribution in [3.63, 3.8) is 0 Å². The van der Waals surface area contributed by atoms with Crippen LogP contribution in [0.1, 0.15) is 11.1 Å². The minimum absolute atomic E-state index is 0.360. The van der Waals surface area contributed by atoms with E-state index >= 15 is 0 Å². The Kier molecular flexibility index (Phi) is 2.45. The molecule has 0 saturated carbocycles. The number of nitrogen functional groups attached to an aromatic ring is 2. The third-order valence-electron chi connectivity index (χ3n) is 3.46. The molecule has 0 radical (unpaired) electrons. The van der Waals surface area contributed by atoms with Crippen molar-refractivity contribution in [2.45, 2.75) is 0 Å². The van der Waals surface area contributed by atoms with Crippen LogP contribution in [0, 0.1) is 22.7 Å². The molecule has 0 aromatic rings. The van der Waals surface area contributed by atoms with Gasteiger partial charge >= 0.3 is 0 Å². The second-order valence-electron chi connectivity index (χ2n) is 4.51. The molecule has 0 aromatic carbocycles. The molecule has 0 aromatic heterocycles. The zero-order valence-corrected chi connectivity index (χ0v) is 10.5. The minimum Gasteiger partial charge on any atom is -0.398 e.